The first-order valence-electron chi connectivity index (χ1n) is 8.84. The van der Waals surface area contributed by atoms with Crippen molar-refractivity contribution in [1.29, 1.82) is 0 Å². The number of carbonyl (C=O) groups is 2. The van der Waals surface area contributed by atoms with Crippen LogP contribution in [0.5, 0.6) is 0 Å². The summed E-state index contributed by atoms with van der Waals surface area (Å²) in [7, 11) is 0. The molecular weight excluding hydrogens is 288 g/mol. The van der Waals surface area contributed by atoms with Crippen molar-refractivity contribution in [3.63, 3.8) is 0 Å². The molecule has 1 N–H and O–H groups in total. The number of nitrogens with one attached hydrogen (secondary N) is 1. The normalized spacial score (nSPS) is 26.8. The molecule has 2 saturated heterocycles. The molecule has 0 radical (unpaired) electrons. The summed E-state index contributed by atoms with van der Waals surface area (Å²) in [6.07, 6.45) is 7.97. The molecule has 0 bridgehead atoms. The Hall–Kier alpha value is -1.84. The van der Waals surface area contributed by atoms with Crippen molar-refractivity contribution in [2.75, 3.05) is 18.0 Å². The SMILES string of the molecule is O=C1CC[C@H](c2ccc(N3CCC4(CCC4)CC3)cc2)C(=O)N1. The van der Waals surface area contributed by atoms with E-state index in [-0.39, 0.29) is 17.7 Å². The molecule has 2 amide bonds. The zero-order valence-corrected chi connectivity index (χ0v) is 13.5. The van der Waals surface area contributed by atoms with Crippen LogP contribution in [0.4, 0.5) is 5.69 Å². The average molecular weight is 312 g/mol. The predicted molar refractivity (Wildman–Crippen MR) is 89.3 cm³/mol. The van der Waals surface area contributed by atoms with E-state index in [0.717, 1.165) is 18.7 Å². The Morgan fingerprint density at radius 1 is 1.00 bits per heavy atom. The average Bonchev–Trinajstić information content (AvgIpc) is 2.54. The first-order chi connectivity index (χ1) is 11.2. The minimum atomic E-state index is -0.179. The summed E-state index contributed by atoms with van der Waals surface area (Å²) in [5, 5.41) is 2.44. The van der Waals surface area contributed by atoms with Gasteiger partial charge in [0, 0.05) is 25.2 Å². The molecule has 0 unspecified atom stereocenters. The van der Waals surface area contributed by atoms with E-state index in [1.807, 2.05) is 0 Å². The summed E-state index contributed by atoms with van der Waals surface area (Å²) < 4.78 is 0. The quantitative estimate of drug-likeness (QED) is 0.854. The van der Waals surface area contributed by atoms with Gasteiger partial charge < -0.3 is 4.90 Å². The molecule has 1 aromatic carbocycles. The first-order valence-corrected chi connectivity index (χ1v) is 8.84. The minimum absolute atomic E-state index is 0.152. The predicted octanol–water partition coefficient (Wildman–Crippen LogP) is 2.98. The van der Waals surface area contributed by atoms with Crippen LogP contribution in [0.1, 0.15) is 56.4 Å². The molecule has 4 heteroatoms. The van der Waals surface area contributed by atoms with E-state index in [0.29, 0.717) is 18.3 Å². The number of piperidine rings is 2. The van der Waals surface area contributed by atoms with Crippen molar-refractivity contribution in [1.82, 2.24) is 5.32 Å². The fourth-order valence-electron chi connectivity index (χ4n) is 4.35. The van der Waals surface area contributed by atoms with Gasteiger partial charge in [0.05, 0.1) is 5.92 Å². The second-order valence-corrected chi connectivity index (χ2v) is 7.44. The molecule has 1 spiro atoms. The number of benzene rings is 1. The number of amides is 2. The van der Waals surface area contributed by atoms with E-state index in [9.17, 15) is 9.59 Å². The lowest BCUT2D eigenvalue weighted by Crippen LogP contribution is -2.43. The Labute approximate surface area is 137 Å². The van der Waals surface area contributed by atoms with Crippen molar-refractivity contribution < 1.29 is 9.59 Å². The molecule has 23 heavy (non-hydrogen) atoms. The Bertz CT molecular complexity index is 609. The molecule has 1 aliphatic carbocycles. The number of rotatable bonds is 2. The Morgan fingerprint density at radius 2 is 1.70 bits per heavy atom. The standard InChI is InChI=1S/C19H24N2O2/c22-17-7-6-16(18(23)20-17)14-2-4-15(5-3-14)21-12-10-19(11-13-21)8-1-9-19/h2-5,16H,1,6-13H2,(H,20,22,23)/t16-/m1/s1. The van der Waals surface area contributed by atoms with Gasteiger partial charge in [0.25, 0.3) is 0 Å². The van der Waals surface area contributed by atoms with Gasteiger partial charge in [-0.1, -0.05) is 18.6 Å². The fourth-order valence-corrected chi connectivity index (χ4v) is 4.35. The van der Waals surface area contributed by atoms with E-state index in [4.69, 9.17) is 0 Å². The highest BCUT2D eigenvalue weighted by atomic mass is 16.2. The minimum Gasteiger partial charge on any atom is -0.371 e. The van der Waals surface area contributed by atoms with Crippen LogP contribution in [0.2, 0.25) is 0 Å². The molecule has 0 aromatic heterocycles. The maximum atomic E-state index is 12.0. The zero-order valence-electron chi connectivity index (χ0n) is 13.5. The lowest BCUT2D eigenvalue weighted by atomic mass is 9.63. The molecule has 2 heterocycles. The van der Waals surface area contributed by atoms with Crippen LogP contribution in [0, 0.1) is 5.41 Å². The van der Waals surface area contributed by atoms with Gasteiger partial charge in [-0.15, -0.1) is 0 Å². The summed E-state index contributed by atoms with van der Waals surface area (Å²) in [6.45, 7) is 2.30. The van der Waals surface area contributed by atoms with Crippen molar-refractivity contribution >= 4 is 17.5 Å². The van der Waals surface area contributed by atoms with Crippen LogP contribution >= 0.6 is 0 Å². The highest BCUT2D eigenvalue weighted by molar-refractivity contribution is 6.00. The van der Waals surface area contributed by atoms with Gasteiger partial charge in [-0.25, -0.2) is 0 Å². The highest BCUT2D eigenvalue weighted by Gasteiger charge is 2.39. The van der Waals surface area contributed by atoms with Gasteiger partial charge in [-0.05, 0) is 55.2 Å². The van der Waals surface area contributed by atoms with Gasteiger partial charge in [-0.2, -0.15) is 0 Å². The van der Waals surface area contributed by atoms with E-state index in [1.165, 1.54) is 37.8 Å². The van der Waals surface area contributed by atoms with E-state index in [1.54, 1.807) is 0 Å². The largest absolute Gasteiger partial charge is 0.371 e. The summed E-state index contributed by atoms with van der Waals surface area (Å²) in [6, 6.07) is 8.39. The van der Waals surface area contributed by atoms with Crippen molar-refractivity contribution in [3.05, 3.63) is 29.8 Å². The van der Waals surface area contributed by atoms with Gasteiger partial charge in [0.2, 0.25) is 11.8 Å². The van der Waals surface area contributed by atoms with Crippen LogP contribution in [0.3, 0.4) is 0 Å². The Morgan fingerprint density at radius 3 is 2.26 bits per heavy atom. The number of hydrogen-bond acceptors (Lipinski definition) is 3. The molecule has 1 atom stereocenters. The molecule has 4 rings (SSSR count). The highest BCUT2D eigenvalue weighted by Crippen LogP contribution is 2.49. The summed E-state index contributed by atoms with van der Waals surface area (Å²) in [5.74, 6) is -0.485. The van der Waals surface area contributed by atoms with Gasteiger partial charge in [0.15, 0.2) is 0 Å². The van der Waals surface area contributed by atoms with Crippen molar-refractivity contribution in [2.45, 2.75) is 50.9 Å². The van der Waals surface area contributed by atoms with E-state index >= 15 is 0 Å². The summed E-state index contributed by atoms with van der Waals surface area (Å²) in [4.78, 5) is 25.7. The molecule has 2 aliphatic heterocycles. The third-order valence-electron chi connectivity index (χ3n) is 6.14. The zero-order chi connectivity index (χ0) is 15.9. The number of imide groups is 1. The van der Waals surface area contributed by atoms with Crippen LogP contribution in [-0.2, 0) is 9.59 Å². The molecule has 4 nitrogen and oxygen atoms in total. The maximum Gasteiger partial charge on any atom is 0.234 e. The van der Waals surface area contributed by atoms with E-state index < -0.39 is 0 Å². The van der Waals surface area contributed by atoms with Crippen LogP contribution in [0.25, 0.3) is 0 Å². The number of hydrogen-bond donors (Lipinski definition) is 1. The topological polar surface area (TPSA) is 49.4 Å². The summed E-state index contributed by atoms with van der Waals surface area (Å²) >= 11 is 0. The third-order valence-corrected chi connectivity index (χ3v) is 6.14. The molecule has 3 fully saturated rings. The number of nitrogens with zero attached hydrogens (tertiary/aromatic N) is 1. The van der Waals surface area contributed by atoms with Crippen molar-refractivity contribution in [3.8, 4) is 0 Å². The lowest BCUT2D eigenvalue weighted by molar-refractivity contribution is -0.134. The monoisotopic (exact) mass is 312 g/mol. The summed E-state index contributed by atoms with van der Waals surface area (Å²) in [5.41, 5.74) is 2.95. The Balaban J connectivity index is 1.42. The second kappa shape index (κ2) is 5.66. The number of carbonyl (C=O) groups excluding carboxylic acids is 2. The maximum absolute atomic E-state index is 12.0. The van der Waals surface area contributed by atoms with Gasteiger partial charge in [-0.3, -0.25) is 14.9 Å². The first kappa shape index (κ1) is 14.7. The molecule has 1 saturated carbocycles. The van der Waals surface area contributed by atoms with Gasteiger partial charge in [0.1, 0.15) is 0 Å². The van der Waals surface area contributed by atoms with Crippen LogP contribution in [0.15, 0.2) is 24.3 Å². The molecule has 122 valence electrons. The molecule has 3 aliphatic rings. The van der Waals surface area contributed by atoms with E-state index in [2.05, 4.69) is 34.5 Å². The van der Waals surface area contributed by atoms with Crippen molar-refractivity contribution in [2.24, 2.45) is 5.41 Å². The number of anilines is 1. The fraction of sp³-hybridized carbons (Fsp3) is 0.579. The van der Waals surface area contributed by atoms with Gasteiger partial charge >= 0.3 is 0 Å². The molecule has 1 aromatic rings. The van der Waals surface area contributed by atoms with Crippen LogP contribution in [-0.4, -0.2) is 24.9 Å². The van der Waals surface area contributed by atoms with Crippen LogP contribution < -0.4 is 10.2 Å². The Kier molecular flexibility index (Phi) is 3.63. The molecular formula is C19H24N2O2. The lowest BCUT2D eigenvalue weighted by Gasteiger charge is -2.48. The third kappa shape index (κ3) is 2.75. The smallest absolute Gasteiger partial charge is 0.234 e. The second-order valence-electron chi connectivity index (χ2n) is 7.44.